The minimum Gasteiger partial charge on any atom is -0.300 e. The van der Waals surface area contributed by atoms with Gasteiger partial charge in [0, 0.05) is 23.8 Å². The van der Waals surface area contributed by atoms with Crippen LogP contribution < -0.4 is 0 Å². The molecule has 0 aliphatic heterocycles. The molecule has 0 fully saturated rings. The lowest BCUT2D eigenvalue weighted by molar-refractivity contribution is -0.116. The van der Waals surface area contributed by atoms with Crippen LogP contribution in [0.15, 0.2) is 29.6 Å². The Kier molecular flexibility index (Phi) is 4.26. The molecule has 18 heavy (non-hydrogen) atoms. The number of thiazole rings is 1. The van der Waals surface area contributed by atoms with Crippen molar-refractivity contribution in [3.63, 3.8) is 0 Å². The molecule has 1 heterocycles. The molecule has 2 nitrogen and oxygen atoms in total. The van der Waals surface area contributed by atoms with Crippen molar-refractivity contribution < 1.29 is 4.79 Å². The summed E-state index contributed by atoms with van der Waals surface area (Å²) in [6, 6.07) is 8.51. The lowest BCUT2D eigenvalue weighted by Gasteiger charge is -1.99. The van der Waals surface area contributed by atoms with Crippen molar-refractivity contribution in [1.29, 1.82) is 0 Å². The summed E-state index contributed by atoms with van der Waals surface area (Å²) in [5.41, 5.74) is 3.50. The Morgan fingerprint density at radius 3 is 2.61 bits per heavy atom. The molecule has 3 heteroatoms. The van der Waals surface area contributed by atoms with Crippen LogP contribution in [0.4, 0.5) is 0 Å². The number of rotatable bonds is 5. The lowest BCUT2D eigenvalue weighted by Crippen LogP contribution is -1.93. The maximum Gasteiger partial charge on any atom is 0.130 e. The first-order valence-electron chi connectivity index (χ1n) is 6.22. The third-order valence-corrected chi connectivity index (χ3v) is 3.81. The van der Waals surface area contributed by atoms with Gasteiger partial charge in [0.05, 0.1) is 10.7 Å². The van der Waals surface area contributed by atoms with Gasteiger partial charge >= 0.3 is 0 Å². The van der Waals surface area contributed by atoms with E-state index in [2.05, 4.69) is 41.6 Å². The highest BCUT2D eigenvalue weighted by molar-refractivity contribution is 7.09. The van der Waals surface area contributed by atoms with Crippen LogP contribution in [0.1, 0.15) is 30.8 Å². The fourth-order valence-corrected chi connectivity index (χ4v) is 2.56. The second-order valence-corrected chi connectivity index (χ2v) is 5.32. The maximum absolute atomic E-state index is 10.9. The van der Waals surface area contributed by atoms with E-state index in [9.17, 15) is 4.79 Å². The summed E-state index contributed by atoms with van der Waals surface area (Å²) < 4.78 is 0. The molecule has 0 amide bonds. The Morgan fingerprint density at radius 2 is 2.00 bits per heavy atom. The third-order valence-electron chi connectivity index (χ3n) is 2.90. The summed E-state index contributed by atoms with van der Waals surface area (Å²) in [5, 5.41) is 3.11. The minimum atomic E-state index is 0.221. The second-order valence-electron chi connectivity index (χ2n) is 4.38. The summed E-state index contributed by atoms with van der Waals surface area (Å²) in [6.45, 7) is 3.77. The second kappa shape index (κ2) is 5.91. The van der Waals surface area contributed by atoms with Crippen molar-refractivity contribution in [2.45, 2.75) is 33.1 Å². The molecule has 2 rings (SSSR count). The van der Waals surface area contributed by atoms with Crippen molar-refractivity contribution in [2.24, 2.45) is 0 Å². The molecule has 0 aliphatic carbocycles. The number of carbonyl (C=O) groups excluding carboxylic acids is 1. The summed E-state index contributed by atoms with van der Waals surface area (Å²) in [6.07, 6.45) is 2.40. The Hall–Kier alpha value is -1.48. The number of Topliss-reactive ketones (excluding diaryl/α,β-unsaturated/α-hetero) is 1. The van der Waals surface area contributed by atoms with E-state index in [1.807, 2.05) is 0 Å². The van der Waals surface area contributed by atoms with Gasteiger partial charge in [-0.25, -0.2) is 4.98 Å². The lowest BCUT2D eigenvalue weighted by atomic mass is 10.1. The van der Waals surface area contributed by atoms with Crippen molar-refractivity contribution in [3.05, 3.63) is 40.2 Å². The van der Waals surface area contributed by atoms with Gasteiger partial charge in [-0.2, -0.15) is 0 Å². The average Bonchev–Trinajstić information content (AvgIpc) is 2.85. The van der Waals surface area contributed by atoms with E-state index in [0.717, 1.165) is 29.1 Å². The number of nitrogens with zero attached hydrogens (tertiary/aromatic N) is 1. The van der Waals surface area contributed by atoms with Gasteiger partial charge in [0.15, 0.2) is 0 Å². The molecule has 0 bridgehead atoms. The van der Waals surface area contributed by atoms with Crippen molar-refractivity contribution in [3.8, 4) is 11.3 Å². The van der Waals surface area contributed by atoms with Crippen LogP contribution in [-0.4, -0.2) is 10.8 Å². The SMILES string of the molecule is CCc1ccc(-c2csc(CCC(C)=O)n2)cc1. The Bertz CT molecular complexity index is 528. The van der Waals surface area contributed by atoms with Crippen LogP contribution in [-0.2, 0) is 17.6 Å². The van der Waals surface area contributed by atoms with E-state index in [1.54, 1.807) is 18.3 Å². The molecule has 94 valence electrons. The van der Waals surface area contributed by atoms with Crippen LogP contribution in [0.5, 0.6) is 0 Å². The first-order valence-corrected chi connectivity index (χ1v) is 7.10. The highest BCUT2D eigenvalue weighted by Gasteiger charge is 2.05. The molecule has 2 aromatic rings. The number of carbonyl (C=O) groups is 1. The normalized spacial score (nSPS) is 10.6. The first kappa shape index (κ1) is 13.0. The Morgan fingerprint density at radius 1 is 1.28 bits per heavy atom. The quantitative estimate of drug-likeness (QED) is 0.815. The largest absolute Gasteiger partial charge is 0.300 e. The molecule has 0 saturated heterocycles. The van der Waals surface area contributed by atoms with Gasteiger partial charge in [0.1, 0.15) is 5.78 Å². The monoisotopic (exact) mass is 259 g/mol. The van der Waals surface area contributed by atoms with Crippen LogP contribution >= 0.6 is 11.3 Å². The molecule has 0 aliphatic rings. The van der Waals surface area contributed by atoms with E-state index < -0.39 is 0 Å². The van der Waals surface area contributed by atoms with Crippen LogP contribution in [0, 0.1) is 0 Å². The van der Waals surface area contributed by atoms with Gasteiger partial charge in [-0.15, -0.1) is 11.3 Å². The fourth-order valence-electron chi connectivity index (χ4n) is 1.75. The highest BCUT2D eigenvalue weighted by Crippen LogP contribution is 2.23. The van der Waals surface area contributed by atoms with E-state index in [-0.39, 0.29) is 5.78 Å². The van der Waals surface area contributed by atoms with Gasteiger partial charge in [-0.3, -0.25) is 0 Å². The van der Waals surface area contributed by atoms with Gasteiger partial charge in [-0.05, 0) is 18.9 Å². The number of benzene rings is 1. The standard InChI is InChI=1S/C15H17NOS/c1-3-12-5-7-13(8-6-12)14-10-18-15(16-14)9-4-11(2)17/h5-8,10H,3-4,9H2,1-2H3. The van der Waals surface area contributed by atoms with Gasteiger partial charge in [-0.1, -0.05) is 31.2 Å². The summed E-state index contributed by atoms with van der Waals surface area (Å²) in [4.78, 5) is 15.5. The minimum absolute atomic E-state index is 0.221. The van der Waals surface area contributed by atoms with E-state index >= 15 is 0 Å². The van der Waals surface area contributed by atoms with Crippen LogP contribution in [0.3, 0.4) is 0 Å². The maximum atomic E-state index is 10.9. The molecule has 1 aromatic heterocycles. The number of hydrogen-bond donors (Lipinski definition) is 0. The van der Waals surface area contributed by atoms with E-state index in [1.165, 1.54) is 5.56 Å². The average molecular weight is 259 g/mol. The van der Waals surface area contributed by atoms with Crippen molar-refractivity contribution >= 4 is 17.1 Å². The molecule has 0 radical (unpaired) electrons. The molecule has 0 atom stereocenters. The highest BCUT2D eigenvalue weighted by atomic mass is 32.1. The molecule has 0 spiro atoms. The molecule has 0 N–H and O–H groups in total. The number of aromatic nitrogens is 1. The number of hydrogen-bond acceptors (Lipinski definition) is 3. The summed E-state index contributed by atoms with van der Waals surface area (Å²) in [5.74, 6) is 0.221. The summed E-state index contributed by atoms with van der Waals surface area (Å²) in [7, 11) is 0. The summed E-state index contributed by atoms with van der Waals surface area (Å²) >= 11 is 1.63. The van der Waals surface area contributed by atoms with Gasteiger partial charge < -0.3 is 4.79 Å². The third kappa shape index (κ3) is 3.26. The van der Waals surface area contributed by atoms with Crippen LogP contribution in [0.25, 0.3) is 11.3 Å². The number of ketones is 1. The van der Waals surface area contributed by atoms with Crippen LogP contribution in [0.2, 0.25) is 0 Å². The molecular formula is C15H17NOS. The zero-order chi connectivity index (χ0) is 13.0. The number of aryl methyl sites for hydroxylation is 2. The topological polar surface area (TPSA) is 30.0 Å². The van der Waals surface area contributed by atoms with Crippen molar-refractivity contribution in [1.82, 2.24) is 4.98 Å². The smallest absolute Gasteiger partial charge is 0.130 e. The Balaban J connectivity index is 2.10. The molecular weight excluding hydrogens is 242 g/mol. The molecule has 0 unspecified atom stereocenters. The van der Waals surface area contributed by atoms with E-state index in [0.29, 0.717) is 6.42 Å². The predicted molar refractivity (Wildman–Crippen MR) is 75.9 cm³/mol. The Labute approximate surface area is 112 Å². The first-order chi connectivity index (χ1) is 8.69. The zero-order valence-corrected chi connectivity index (χ0v) is 11.6. The molecule has 1 aromatic carbocycles. The predicted octanol–water partition coefficient (Wildman–Crippen LogP) is 3.89. The van der Waals surface area contributed by atoms with Gasteiger partial charge in [0.2, 0.25) is 0 Å². The fraction of sp³-hybridized carbons (Fsp3) is 0.333. The van der Waals surface area contributed by atoms with Gasteiger partial charge in [0.25, 0.3) is 0 Å². The zero-order valence-electron chi connectivity index (χ0n) is 10.8. The van der Waals surface area contributed by atoms with Crippen molar-refractivity contribution in [2.75, 3.05) is 0 Å². The molecule has 0 saturated carbocycles. The van der Waals surface area contributed by atoms with E-state index in [4.69, 9.17) is 0 Å².